The number of methoxy groups -OCH3 is 1. The van der Waals surface area contributed by atoms with Crippen LogP contribution >= 0.6 is 0 Å². The van der Waals surface area contributed by atoms with E-state index in [2.05, 4.69) is 18.3 Å². The second-order valence-electron chi connectivity index (χ2n) is 4.13. The van der Waals surface area contributed by atoms with Crippen molar-refractivity contribution in [3.05, 3.63) is 23.8 Å². The molecule has 4 heteroatoms. The quantitative estimate of drug-likeness (QED) is 0.660. The molecule has 0 aliphatic heterocycles. The van der Waals surface area contributed by atoms with Crippen molar-refractivity contribution in [3.8, 4) is 11.5 Å². The smallest absolute Gasteiger partial charge is 0.161 e. The molecule has 1 N–H and O–H groups in total. The van der Waals surface area contributed by atoms with Crippen molar-refractivity contribution in [2.24, 2.45) is 0 Å². The van der Waals surface area contributed by atoms with Crippen LogP contribution in [0.5, 0.6) is 11.5 Å². The fourth-order valence-electron chi connectivity index (χ4n) is 1.70. The summed E-state index contributed by atoms with van der Waals surface area (Å²) in [6.07, 6.45) is 0.996. The molecule has 1 aromatic carbocycles. The average molecular weight is 267 g/mol. The summed E-state index contributed by atoms with van der Waals surface area (Å²) in [7, 11) is 1.67. The number of hydrogen-bond donors (Lipinski definition) is 1. The van der Waals surface area contributed by atoms with E-state index in [1.54, 1.807) is 7.11 Å². The largest absolute Gasteiger partial charge is 0.493 e. The highest BCUT2D eigenvalue weighted by molar-refractivity contribution is 5.42. The molecule has 0 heterocycles. The molecule has 0 bridgehead atoms. The molecule has 1 rings (SSSR count). The fraction of sp³-hybridized carbons (Fsp3) is 0.600. The third kappa shape index (κ3) is 5.94. The van der Waals surface area contributed by atoms with Gasteiger partial charge in [0.05, 0.1) is 13.7 Å². The van der Waals surface area contributed by atoms with Crippen LogP contribution < -0.4 is 14.8 Å². The topological polar surface area (TPSA) is 39.7 Å². The molecule has 1 aromatic rings. The molecule has 0 radical (unpaired) electrons. The van der Waals surface area contributed by atoms with E-state index in [4.69, 9.17) is 14.2 Å². The minimum absolute atomic E-state index is 0.619. The van der Waals surface area contributed by atoms with Crippen molar-refractivity contribution in [1.29, 1.82) is 0 Å². The second-order valence-corrected chi connectivity index (χ2v) is 4.13. The lowest BCUT2D eigenvalue weighted by molar-refractivity contribution is 0.148. The van der Waals surface area contributed by atoms with Gasteiger partial charge in [-0.05, 0) is 31.0 Å². The van der Waals surface area contributed by atoms with E-state index in [-0.39, 0.29) is 0 Å². The van der Waals surface area contributed by atoms with Gasteiger partial charge in [0, 0.05) is 19.7 Å². The van der Waals surface area contributed by atoms with Gasteiger partial charge in [-0.2, -0.15) is 0 Å². The van der Waals surface area contributed by atoms with E-state index in [1.165, 1.54) is 5.56 Å². The molecule has 0 amide bonds. The summed E-state index contributed by atoms with van der Waals surface area (Å²) in [5.74, 6) is 1.60. The second kappa shape index (κ2) is 9.64. The minimum Gasteiger partial charge on any atom is -0.493 e. The predicted molar refractivity (Wildman–Crippen MR) is 77.2 cm³/mol. The first-order valence-electron chi connectivity index (χ1n) is 6.90. The van der Waals surface area contributed by atoms with E-state index in [1.807, 2.05) is 19.1 Å². The number of rotatable bonds is 10. The van der Waals surface area contributed by atoms with Crippen LogP contribution in [0.4, 0.5) is 0 Å². The van der Waals surface area contributed by atoms with Crippen LogP contribution in [0.1, 0.15) is 19.4 Å². The summed E-state index contributed by atoms with van der Waals surface area (Å²) in [5, 5.41) is 3.26. The summed E-state index contributed by atoms with van der Waals surface area (Å²) < 4.78 is 16.3. The highest BCUT2D eigenvalue weighted by atomic mass is 16.5. The van der Waals surface area contributed by atoms with E-state index in [0.717, 1.165) is 44.2 Å². The Balaban J connectivity index is 2.28. The normalized spacial score (nSPS) is 10.5. The number of nitrogens with one attached hydrogen (secondary N) is 1. The van der Waals surface area contributed by atoms with E-state index in [0.29, 0.717) is 6.61 Å². The van der Waals surface area contributed by atoms with Crippen molar-refractivity contribution in [2.45, 2.75) is 20.3 Å². The SMILES string of the molecule is CCOCCNCCOc1ccc(CC)cc1OC. The van der Waals surface area contributed by atoms with Gasteiger partial charge < -0.3 is 19.5 Å². The van der Waals surface area contributed by atoms with Crippen LogP contribution in [0.15, 0.2) is 18.2 Å². The fourth-order valence-corrected chi connectivity index (χ4v) is 1.70. The van der Waals surface area contributed by atoms with Gasteiger partial charge in [0.25, 0.3) is 0 Å². The maximum absolute atomic E-state index is 5.71. The minimum atomic E-state index is 0.619. The van der Waals surface area contributed by atoms with E-state index < -0.39 is 0 Å². The lowest BCUT2D eigenvalue weighted by atomic mass is 10.1. The molecule has 4 nitrogen and oxygen atoms in total. The first-order valence-corrected chi connectivity index (χ1v) is 6.90. The van der Waals surface area contributed by atoms with E-state index >= 15 is 0 Å². The van der Waals surface area contributed by atoms with Crippen LogP contribution in [0.25, 0.3) is 0 Å². The number of aryl methyl sites for hydroxylation is 1. The monoisotopic (exact) mass is 267 g/mol. The number of hydrogen-bond acceptors (Lipinski definition) is 4. The first-order chi connectivity index (χ1) is 9.31. The zero-order valence-corrected chi connectivity index (χ0v) is 12.2. The van der Waals surface area contributed by atoms with Gasteiger partial charge in [-0.25, -0.2) is 0 Å². The third-order valence-electron chi connectivity index (χ3n) is 2.80. The molecule has 0 aliphatic rings. The van der Waals surface area contributed by atoms with Crippen molar-refractivity contribution in [1.82, 2.24) is 5.32 Å². The lowest BCUT2D eigenvalue weighted by Crippen LogP contribution is -2.25. The third-order valence-corrected chi connectivity index (χ3v) is 2.80. The summed E-state index contributed by atoms with van der Waals surface area (Å²) in [4.78, 5) is 0. The Morgan fingerprint density at radius 3 is 2.53 bits per heavy atom. The zero-order chi connectivity index (χ0) is 13.9. The van der Waals surface area contributed by atoms with Gasteiger partial charge in [-0.15, -0.1) is 0 Å². The van der Waals surface area contributed by atoms with Crippen LogP contribution in [0.3, 0.4) is 0 Å². The van der Waals surface area contributed by atoms with Crippen LogP contribution in [-0.2, 0) is 11.2 Å². The highest BCUT2D eigenvalue weighted by Gasteiger charge is 2.04. The molecule has 0 aromatic heterocycles. The Bertz CT molecular complexity index is 355. The number of ether oxygens (including phenoxy) is 3. The Hall–Kier alpha value is -1.26. The molecule has 0 aliphatic carbocycles. The highest BCUT2D eigenvalue weighted by Crippen LogP contribution is 2.28. The molecule has 108 valence electrons. The number of benzene rings is 1. The predicted octanol–water partition coefficient (Wildman–Crippen LogP) is 2.26. The molecule has 0 saturated carbocycles. The van der Waals surface area contributed by atoms with Crippen LogP contribution in [0, 0.1) is 0 Å². The molecular weight excluding hydrogens is 242 g/mol. The van der Waals surface area contributed by atoms with E-state index in [9.17, 15) is 0 Å². The van der Waals surface area contributed by atoms with Gasteiger partial charge in [0.1, 0.15) is 6.61 Å². The molecule has 19 heavy (non-hydrogen) atoms. The molecule has 0 fully saturated rings. The van der Waals surface area contributed by atoms with Gasteiger partial charge in [0.2, 0.25) is 0 Å². The summed E-state index contributed by atoms with van der Waals surface area (Å²) >= 11 is 0. The zero-order valence-electron chi connectivity index (χ0n) is 12.2. The molecule has 0 saturated heterocycles. The molecule has 0 atom stereocenters. The van der Waals surface area contributed by atoms with Crippen LogP contribution in [-0.4, -0.2) is 40.0 Å². The molecule has 0 unspecified atom stereocenters. The van der Waals surface area contributed by atoms with Gasteiger partial charge in [-0.1, -0.05) is 13.0 Å². The van der Waals surface area contributed by atoms with Crippen molar-refractivity contribution in [3.63, 3.8) is 0 Å². The van der Waals surface area contributed by atoms with Crippen molar-refractivity contribution in [2.75, 3.05) is 40.0 Å². The molecule has 0 spiro atoms. The summed E-state index contributed by atoms with van der Waals surface area (Å²) in [5.41, 5.74) is 1.25. The average Bonchev–Trinajstić information content (AvgIpc) is 2.46. The Kier molecular flexibility index (Phi) is 8.02. The standard InChI is InChI=1S/C15H25NO3/c1-4-13-6-7-14(15(12-13)17-3)19-11-9-16-8-10-18-5-2/h6-7,12,16H,4-5,8-11H2,1-3H3. The lowest BCUT2D eigenvalue weighted by Gasteiger charge is -2.12. The Labute approximate surface area is 116 Å². The maximum atomic E-state index is 5.71. The summed E-state index contributed by atoms with van der Waals surface area (Å²) in [6.45, 7) is 7.89. The van der Waals surface area contributed by atoms with Gasteiger partial charge >= 0.3 is 0 Å². The first kappa shape index (κ1) is 15.8. The Morgan fingerprint density at radius 2 is 1.84 bits per heavy atom. The van der Waals surface area contributed by atoms with Crippen LogP contribution in [0.2, 0.25) is 0 Å². The van der Waals surface area contributed by atoms with Gasteiger partial charge in [0.15, 0.2) is 11.5 Å². The van der Waals surface area contributed by atoms with Crippen molar-refractivity contribution >= 4 is 0 Å². The summed E-state index contributed by atoms with van der Waals surface area (Å²) in [6, 6.07) is 6.07. The maximum Gasteiger partial charge on any atom is 0.161 e. The van der Waals surface area contributed by atoms with Gasteiger partial charge in [-0.3, -0.25) is 0 Å². The van der Waals surface area contributed by atoms with Crippen molar-refractivity contribution < 1.29 is 14.2 Å². The Morgan fingerprint density at radius 1 is 1.05 bits per heavy atom. The molecular formula is C15H25NO3.